The number of hydroxylamine groups is 1. The monoisotopic (exact) mass is 215 g/mol. The van der Waals surface area contributed by atoms with Gasteiger partial charge in [-0.05, 0) is 38.5 Å². The standard InChI is InChI=1S/C11H15F2NO/c1-11(2,3)15-14-7-8-4-5-9(12)10(13)6-8/h4-6,14H,7H2,1-3H3. The molecule has 0 spiro atoms. The van der Waals surface area contributed by atoms with Crippen molar-refractivity contribution in [3.63, 3.8) is 0 Å². The first-order valence-electron chi connectivity index (χ1n) is 4.73. The molecule has 1 rings (SSSR count). The smallest absolute Gasteiger partial charge is 0.159 e. The molecule has 0 saturated heterocycles. The van der Waals surface area contributed by atoms with Crippen LogP contribution >= 0.6 is 0 Å². The fourth-order valence-corrected chi connectivity index (χ4v) is 0.986. The van der Waals surface area contributed by atoms with Gasteiger partial charge in [-0.1, -0.05) is 6.07 Å². The number of hydrogen-bond donors (Lipinski definition) is 1. The van der Waals surface area contributed by atoms with Gasteiger partial charge in [-0.25, -0.2) is 8.78 Å². The summed E-state index contributed by atoms with van der Waals surface area (Å²) in [4.78, 5) is 5.24. The number of nitrogens with one attached hydrogen (secondary N) is 1. The highest BCUT2D eigenvalue weighted by atomic mass is 19.2. The zero-order valence-electron chi connectivity index (χ0n) is 9.10. The van der Waals surface area contributed by atoms with Gasteiger partial charge in [0.05, 0.1) is 5.60 Å². The Morgan fingerprint density at radius 1 is 1.20 bits per heavy atom. The first-order valence-corrected chi connectivity index (χ1v) is 4.73. The third kappa shape index (κ3) is 4.36. The van der Waals surface area contributed by atoms with Gasteiger partial charge in [-0.15, -0.1) is 0 Å². The van der Waals surface area contributed by atoms with E-state index in [1.807, 2.05) is 20.8 Å². The summed E-state index contributed by atoms with van der Waals surface area (Å²) in [5.41, 5.74) is 3.03. The van der Waals surface area contributed by atoms with Gasteiger partial charge in [-0.2, -0.15) is 5.48 Å². The van der Waals surface area contributed by atoms with Crippen LogP contribution in [0.4, 0.5) is 8.78 Å². The van der Waals surface area contributed by atoms with Gasteiger partial charge in [0, 0.05) is 6.54 Å². The summed E-state index contributed by atoms with van der Waals surface area (Å²) in [5.74, 6) is -1.68. The van der Waals surface area contributed by atoms with Crippen LogP contribution < -0.4 is 5.48 Å². The van der Waals surface area contributed by atoms with Crippen LogP contribution in [0.1, 0.15) is 26.3 Å². The molecule has 0 amide bonds. The van der Waals surface area contributed by atoms with Crippen LogP contribution in [-0.2, 0) is 11.4 Å². The SMILES string of the molecule is CC(C)(C)ONCc1ccc(F)c(F)c1. The maximum Gasteiger partial charge on any atom is 0.159 e. The number of halogens is 2. The molecule has 0 unspecified atom stereocenters. The van der Waals surface area contributed by atoms with Crippen LogP contribution in [0.25, 0.3) is 0 Å². The highest BCUT2D eigenvalue weighted by Gasteiger charge is 2.10. The molecule has 0 atom stereocenters. The quantitative estimate of drug-likeness (QED) is 0.783. The minimum atomic E-state index is -0.843. The zero-order chi connectivity index (χ0) is 11.5. The van der Waals surface area contributed by atoms with Crippen molar-refractivity contribution >= 4 is 0 Å². The van der Waals surface area contributed by atoms with E-state index in [1.54, 1.807) is 0 Å². The van der Waals surface area contributed by atoms with Crippen molar-refractivity contribution in [3.05, 3.63) is 35.4 Å². The van der Waals surface area contributed by atoms with E-state index >= 15 is 0 Å². The molecular formula is C11H15F2NO. The molecule has 1 N–H and O–H groups in total. The molecular weight excluding hydrogens is 200 g/mol. The minimum absolute atomic E-state index is 0.307. The van der Waals surface area contributed by atoms with Crippen molar-refractivity contribution in [2.45, 2.75) is 32.9 Å². The summed E-state index contributed by atoms with van der Waals surface area (Å²) in [5, 5.41) is 0. The van der Waals surface area contributed by atoms with Gasteiger partial charge in [0.1, 0.15) is 0 Å². The van der Waals surface area contributed by atoms with E-state index in [9.17, 15) is 8.78 Å². The topological polar surface area (TPSA) is 21.3 Å². The molecule has 0 aliphatic rings. The third-order valence-corrected chi connectivity index (χ3v) is 1.64. The van der Waals surface area contributed by atoms with Crippen molar-refractivity contribution in [1.82, 2.24) is 5.48 Å². The van der Waals surface area contributed by atoms with Gasteiger partial charge < -0.3 is 0 Å². The van der Waals surface area contributed by atoms with Crippen molar-refractivity contribution in [2.24, 2.45) is 0 Å². The van der Waals surface area contributed by atoms with Gasteiger partial charge >= 0.3 is 0 Å². The summed E-state index contributed by atoms with van der Waals surface area (Å²) < 4.78 is 25.4. The Morgan fingerprint density at radius 2 is 1.87 bits per heavy atom. The molecule has 1 aromatic carbocycles. The van der Waals surface area contributed by atoms with Crippen LogP contribution in [0.3, 0.4) is 0 Å². The van der Waals surface area contributed by atoms with Gasteiger partial charge in [-0.3, -0.25) is 4.84 Å². The van der Waals surface area contributed by atoms with Gasteiger partial charge in [0.15, 0.2) is 11.6 Å². The zero-order valence-corrected chi connectivity index (χ0v) is 9.10. The Labute approximate surface area is 88.2 Å². The molecule has 4 heteroatoms. The van der Waals surface area contributed by atoms with Crippen molar-refractivity contribution in [1.29, 1.82) is 0 Å². The second-order valence-electron chi connectivity index (χ2n) is 4.28. The normalized spacial score (nSPS) is 11.8. The average molecular weight is 215 g/mol. The summed E-state index contributed by atoms with van der Waals surface area (Å²) in [7, 11) is 0. The summed E-state index contributed by atoms with van der Waals surface area (Å²) in [6, 6.07) is 3.76. The Morgan fingerprint density at radius 3 is 2.40 bits per heavy atom. The Kier molecular flexibility index (Phi) is 3.77. The summed E-state index contributed by atoms with van der Waals surface area (Å²) in [6.07, 6.45) is 0. The van der Waals surface area contributed by atoms with Crippen LogP contribution in [-0.4, -0.2) is 5.60 Å². The van der Waals surface area contributed by atoms with Crippen LogP contribution in [0.15, 0.2) is 18.2 Å². The second-order valence-corrected chi connectivity index (χ2v) is 4.28. The fraction of sp³-hybridized carbons (Fsp3) is 0.455. The lowest BCUT2D eigenvalue weighted by Crippen LogP contribution is -2.28. The molecule has 15 heavy (non-hydrogen) atoms. The fourth-order valence-electron chi connectivity index (χ4n) is 0.986. The maximum absolute atomic E-state index is 12.8. The lowest BCUT2D eigenvalue weighted by Gasteiger charge is -2.19. The van der Waals surface area contributed by atoms with Crippen molar-refractivity contribution < 1.29 is 13.6 Å². The molecule has 2 nitrogen and oxygen atoms in total. The first-order chi connectivity index (χ1) is 6.88. The number of hydrogen-bond acceptors (Lipinski definition) is 2. The Bertz CT molecular complexity index is 334. The molecule has 84 valence electrons. The van der Waals surface area contributed by atoms with Crippen LogP contribution in [0, 0.1) is 11.6 Å². The molecule has 0 aromatic heterocycles. The molecule has 1 aromatic rings. The van der Waals surface area contributed by atoms with Crippen molar-refractivity contribution in [2.75, 3.05) is 0 Å². The molecule has 0 saturated carbocycles. The van der Waals surface area contributed by atoms with E-state index in [-0.39, 0.29) is 5.60 Å². The largest absolute Gasteiger partial charge is 0.296 e. The Hall–Kier alpha value is -1.00. The van der Waals surface area contributed by atoms with E-state index < -0.39 is 11.6 Å². The highest BCUT2D eigenvalue weighted by Crippen LogP contribution is 2.09. The van der Waals surface area contributed by atoms with E-state index in [4.69, 9.17) is 4.84 Å². The lowest BCUT2D eigenvalue weighted by atomic mass is 10.2. The van der Waals surface area contributed by atoms with E-state index in [2.05, 4.69) is 5.48 Å². The molecule has 0 radical (unpaired) electrons. The lowest BCUT2D eigenvalue weighted by molar-refractivity contribution is -0.0757. The molecule has 0 bridgehead atoms. The maximum atomic E-state index is 12.8. The van der Waals surface area contributed by atoms with Crippen molar-refractivity contribution in [3.8, 4) is 0 Å². The van der Waals surface area contributed by atoms with Gasteiger partial charge in [0.2, 0.25) is 0 Å². The number of rotatable bonds is 3. The van der Waals surface area contributed by atoms with E-state index in [0.717, 1.165) is 12.1 Å². The Balaban J connectivity index is 2.48. The minimum Gasteiger partial charge on any atom is -0.296 e. The van der Waals surface area contributed by atoms with Crippen LogP contribution in [0.2, 0.25) is 0 Å². The van der Waals surface area contributed by atoms with E-state index in [0.29, 0.717) is 12.1 Å². The second kappa shape index (κ2) is 4.68. The molecule has 0 fully saturated rings. The first kappa shape index (κ1) is 12.1. The molecule has 0 heterocycles. The molecule has 0 aliphatic carbocycles. The average Bonchev–Trinajstić information content (AvgIpc) is 2.09. The summed E-state index contributed by atoms with van der Waals surface area (Å²) >= 11 is 0. The predicted octanol–water partition coefficient (Wildman–Crippen LogP) is 2.78. The molecule has 0 aliphatic heterocycles. The predicted molar refractivity (Wildman–Crippen MR) is 54.0 cm³/mol. The summed E-state index contributed by atoms with van der Waals surface area (Å²) in [6.45, 7) is 6.02. The van der Waals surface area contributed by atoms with E-state index in [1.165, 1.54) is 6.07 Å². The third-order valence-electron chi connectivity index (χ3n) is 1.64. The highest BCUT2D eigenvalue weighted by molar-refractivity contribution is 5.17. The number of benzene rings is 1. The van der Waals surface area contributed by atoms with Gasteiger partial charge in [0.25, 0.3) is 0 Å². The van der Waals surface area contributed by atoms with Crippen LogP contribution in [0.5, 0.6) is 0 Å².